The third-order valence-electron chi connectivity index (χ3n) is 5.21. The maximum absolute atomic E-state index is 13.3. The van der Waals surface area contributed by atoms with Crippen molar-refractivity contribution in [2.45, 2.75) is 26.8 Å². The Balaban J connectivity index is 0.00000289. The van der Waals surface area contributed by atoms with Crippen LogP contribution in [-0.2, 0) is 17.8 Å². The highest BCUT2D eigenvalue weighted by molar-refractivity contribution is 6.42. The SMILES string of the molecule is CCN(Cc1ccccn1)C(=O)Cc1c(-c2ccc(Cl)c(Cl)c2)nc2cc(C)ccn12.Cl. The van der Waals surface area contributed by atoms with Gasteiger partial charge in [-0.15, -0.1) is 12.4 Å². The fourth-order valence-electron chi connectivity index (χ4n) is 3.56. The molecule has 0 saturated heterocycles. The van der Waals surface area contributed by atoms with Gasteiger partial charge in [0.05, 0.1) is 40.1 Å². The monoisotopic (exact) mass is 488 g/mol. The average Bonchev–Trinajstić information content (AvgIpc) is 3.11. The first-order valence-corrected chi connectivity index (χ1v) is 10.8. The zero-order valence-electron chi connectivity index (χ0n) is 17.8. The number of pyridine rings is 2. The summed E-state index contributed by atoms with van der Waals surface area (Å²) in [5.41, 5.74) is 5.12. The molecule has 0 spiro atoms. The Hall–Kier alpha value is -2.60. The highest BCUT2D eigenvalue weighted by Gasteiger charge is 2.21. The molecule has 0 fully saturated rings. The first-order chi connectivity index (χ1) is 15.0. The van der Waals surface area contributed by atoms with Crippen LogP contribution in [0.3, 0.4) is 0 Å². The van der Waals surface area contributed by atoms with Gasteiger partial charge < -0.3 is 9.30 Å². The first kappa shape index (κ1) is 24.1. The molecule has 0 aliphatic rings. The molecule has 8 heteroatoms. The normalized spacial score (nSPS) is 10.8. The van der Waals surface area contributed by atoms with Crippen molar-refractivity contribution in [2.75, 3.05) is 6.54 Å². The quantitative estimate of drug-likeness (QED) is 0.332. The van der Waals surface area contributed by atoms with Gasteiger partial charge in [0.1, 0.15) is 5.65 Å². The predicted octanol–water partition coefficient (Wildman–Crippen LogP) is 6.02. The molecule has 0 saturated carbocycles. The van der Waals surface area contributed by atoms with E-state index in [9.17, 15) is 4.79 Å². The molecule has 0 unspecified atom stereocenters. The van der Waals surface area contributed by atoms with E-state index in [4.69, 9.17) is 28.2 Å². The van der Waals surface area contributed by atoms with E-state index in [0.717, 1.165) is 33.9 Å². The first-order valence-electron chi connectivity index (χ1n) is 10.1. The van der Waals surface area contributed by atoms with Gasteiger partial charge in [0, 0.05) is 24.5 Å². The summed E-state index contributed by atoms with van der Waals surface area (Å²) >= 11 is 12.4. The third-order valence-corrected chi connectivity index (χ3v) is 5.94. The predicted molar refractivity (Wildman–Crippen MR) is 132 cm³/mol. The minimum atomic E-state index is 0. The van der Waals surface area contributed by atoms with Gasteiger partial charge in [0.2, 0.25) is 5.91 Å². The number of rotatable bonds is 6. The Labute approximate surface area is 203 Å². The van der Waals surface area contributed by atoms with Gasteiger partial charge in [-0.05, 0) is 55.8 Å². The van der Waals surface area contributed by atoms with E-state index in [-0.39, 0.29) is 24.7 Å². The molecule has 1 amide bonds. The maximum Gasteiger partial charge on any atom is 0.228 e. The summed E-state index contributed by atoms with van der Waals surface area (Å²) in [6.45, 7) is 5.05. The standard InChI is InChI=1S/C24H22Cl2N4O.ClH/c1-3-29(15-18-6-4-5-10-27-18)23(31)14-21-24(17-7-8-19(25)20(26)13-17)28-22-12-16(2)9-11-30(21)22;/h4-13H,3,14-15H2,1-2H3;1H. The van der Waals surface area contributed by atoms with E-state index in [1.807, 2.05) is 60.8 Å². The molecule has 0 N–H and O–H groups in total. The largest absolute Gasteiger partial charge is 0.337 e. The van der Waals surface area contributed by atoms with Crippen molar-refractivity contribution >= 4 is 47.2 Å². The minimum absolute atomic E-state index is 0. The van der Waals surface area contributed by atoms with Crippen LogP contribution in [0.15, 0.2) is 60.9 Å². The van der Waals surface area contributed by atoms with Crippen molar-refractivity contribution in [3.05, 3.63) is 87.9 Å². The van der Waals surface area contributed by atoms with Gasteiger partial charge in [0.25, 0.3) is 0 Å². The number of aromatic nitrogens is 3. The van der Waals surface area contributed by atoms with Gasteiger partial charge in [-0.1, -0.05) is 35.3 Å². The van der Waals surface area contributed by atoms with Crippen molar-refractivity contribution in [1.29, 1.82) is 0 Å². The number of carbonyl (C=O) groups excluding carboxylic acids is 1. The number of carbonyl (C=O) groups is 1. The summed E-state index contributed by atoms with van der Waals surface area (Å²) in [5, 5.41) is 0.935. The van der Waals surface area contributed by atoms with Gasteiger partial charge in [-0.3, -0.25) is 9.78 Å². The molecule has 4 rings (SSSR count). The van der Waals surface area contributed by atoms with Crippen molar-refractivity contribution in [3.8, 4) is 11.3 Å². The van der Waals surface area contributed by atoms with E-state index >= 15 is 0 Å². The number of amides is 1. The highest BCUT2D eigenvalue weighted by Crippen LogP contribution is 2.31. The van der Waals surface area contributed by atoms with Crippen molar-refractivity contribution in [2.24, 2.45) is 0 Å². The fourth-order valence-corrected chi connectivity index (χ4v) is 3.86. The van der Waals surface area contributed by atoms with Gasteiger partial charge >= 0.3 is 0 Å². The molecule has 0 atom stereocenters. The number of imidazole rings is 1. The number of aryl methyl sites for hydroxylation is 1. The second-order valence-electron chi connectivity index (χ2n) is 7.37. The topological polar surface area (TPSA) is 50.5 Å². The third kappa shape index (κ3) is 5.07. The lowest BCUT2D eigenvalue weighted by atomic mass is 10.1. The molecule has 0 aliphatic heterocycles. The van der Waals surface area contributed by atoms with Crippen LogP contribution >= 0.6 is 35.6 Å². The Morgan fingerprint density at radius 3 is 2.59 bits per heavy atom. The van der Waals surface area contributed by atoms with Gasteiger partial charge in [0.15, 0.2) is 0 Å². The minimum Gasteiger partial charge on any atom is -0.337 e. The van der Waals surface area contributed by atoms with Crippen molar-refractivity contribution in [3.63, 3.8) is 0 Å². The number of hydrogen-bond donors (Lipinski definition) is 0. The van der Waals surface area contributed by atoms with E-state index < -0.39 is 0 Å². The molecular formula is C24H23Cl3N4O. The number of likely N-dealkylation sites (N-methyl/N-ethyl adjacent to an activating group) is 1. The van der Waals surface area contributed by atoms with Crippen LogP contribution < -0.4 is 0 Å². The molecule has 3 heterocycles. The number of fused-ring (bicyclic) bond motifs is 1. The zero-order valence-corrected chi connectivity index (χ0v) is 20.1. The Morgan fingerprint density at radius 2 is 1.91 bits per heavy atom. The summed E-state index contributed by atoms with van der Waals surface area (Å²) in [5.74, 6) is 0.0110. The van der Waals surface area contributed by atoms with Crippen molar-refractivity contribution in [1.82, 2.24) is 19.3 Å². The number of hydrogen-bond acceptors (Lipinski definition) is 3. The molecule has 3 aromatic heterocycles. The number of benzene rings is 1. The van der Waals surface area contributed by atoms with E-state index in [1.54, 1.807) is 23.2 Å². The van der Waals surface area contributed by atoms with Crippen LogP contribution in [0.2, 0.25) is 10.0 Å². The summed E-state index contributed by atoms with van der Waals surface area (Å²) < 4.78 is 1.97. The maximum atomic E-state index is 13.3. The molecule has 0 aliphatic carbocycles. The smallest absolute Gasteiger partial charge is 0.228 e. The molecule has 0 bridgehead atoms. The van der Waals surface area contributed by atoms with E-state index in [0.29, 0.717) is 23.1 Å². The molecule has 4 aromatic rings. The lowest BCUT2D eigenvalue weighted by Gasteiger charge is -2.21. The van der Waals surface area contributed by atoms with Crippen LogP contribution in [0.25, 0.3) is 16.9 Å². The Bertz CT molecular complexity index is 1240. The molecule has 0 radical (unpaired) electrons. The number of nitrogens with zero attached hydrogens (tertiary/aromatic N) is 4. The average molecular weight is 490 g/mol. The lowest BCUT2D eigenvalue weighted by molar-refractivity contribution is -0.131. The summed E-state index contributed by atoms with van der Waals surface area (Å²) in [4.78, 5) is 24.2. The molecule has 166 valence electrons. The van der Waals surface area contributed by atoms with E-state index in [1.165, 1.54) is 0 Å². The van der Waals surface area contributed by atoms with Crippen LogP contribution in [0.1, 0.15) is 23.9 Å². The van der Waals surface area contributed by atoms with Gasteiger partial charge in [-0.2, -0.15) is 0 Å². The molecule has 5 nitrogen and oxygen atoms in total. The Kier molecular flexibility index (Phi) is 7.77. The van der Waals surface area contributed by atoms with Gasteiger partial charge in [-0.25, -0.2) is 4.98 Å². The fraction of sp³-hybridized carbons (Fsp3) is 0.208. The van der Waals surface area contributed by atoms with Crippen LogP contribution in [0, 0.1) is 6.92 Å². The zero-order chi connectivity index (χ0) is 22.0. The second kappa shape index (κ2) is 10.3. The van der Waals surface area contributed by atoms with Crippen LogP contribution in [0.4, 0.5) is 0 Å². The Morgan fingerprint density at radius 1 is 1.09 bits per heavy atom. The molecular weight excluding hydrogens is 467 g/mol. The van der Waals surface area contributed by atoms with Crippen LogP contribution in [-0.4, -0.2) is 31.7 Å². The summed E-state index contributed by atoms with van der Waals surface area (Å²) in [7, 11) is 0. The highest BCUT2D eigenvalue weighted by atomic mass is 35.5. The van der Waals surface area contributed by atoms with Crippen molar-refractivity contribution < 1.29 is 4.79 Å². The van der Waals surface area contributed by atoms with Crippen LogP contribution in [0.5, 0.6) is 0 Å². The molecule has 1 aromatic carbocycles. The second-order valence-corrected chi connectivity index (χ2v) is 8.19. The summed E-state index contributed by atoms with van der Waals surface area (Å²) in [6.07, 6.45) is 3.90. The summed E-state index contributed by atoms with van der Waals surface area (Å²) in [6, 6.07) is 15.1. The van der Waals surface area contributed by atoms with E-state index in [2.05, 4.69) is 4.98 Å². The molecule has 32 heavy (non-hydrogen) atoms. The number of halogens is 3. The lowest BCUT2D eigenvalue weighted by Crippen LogP contribution is -2.32.